The standard InChI is InChI=1S/C15H33N.HI/c1-15(2,3)13-11-9-7-5-4-6-8-10-12-14-16;/h4-14,16H2,1-3H3;1H. The molecule has 0 saturated heterocycles. The first-order valence-corrected chi connectivity index (χ1v) is 7.26. The molecule has 1 nitrogen and oxygen atoms in total. The van der Waals surface area contributed by atoms with Crippen LogP contribution < -0.4 is 5.73 Å². The number of unbranched alkanes of at least 4 members (excludes halogenated alkanes) is 8. The summed E-state index contributed by atoms with van der Waals surface area (Å²) >= 11 is 0. The van der Waals surface area contributed by atoms with Crippen molar-refractivity contribution < 1.29 is 0 Å². The number of halogens is 1. The van der Waals surface area contributed by atoms with Gasteiger partial charge in [0.2, 0.25) is 0 Å². The minimum atomic E-state index is 0. The maximum Gasteiger partial charge on any atom is -0.00773 e. The third-order valence-electron chi connectivity index (χ3n) is 3.13. The van der Waals surface area contributed by atoms with Crippen LogP contribution in [0.3, 0.4) is 0 Å². The molecule has 0 rings (SSSR count). The largest absolute Gasteiger partial charge is 0.330 e. The molecule has 0 saturated carbocycles. The predicted molar refractivity (Wildman–Crippen MR) is 90.1 cm³/mol. The fourth-order valence-electron chi connectivity index (χ4n) is 2.04. The molecule has 0 spiro atoms. The highest BCUT2D eigenvalue weighted by atomic mass is 127. The van der Waals surface area contributed by atoms with E-state index in [1.807, 2.05) is 0 Å². The van der Waals surface area contributed by atoms with Gasteiger partial charge < -0.3 is 5.73 Å². The summed E-state index contributed by atoms with van der Waals surface area (Å²) in [5, 5.41) is 0. The highest BCUT2D eigenvalue weighted by Gasteiger charge is 2.08. The molecule has 0 aromatic rings. The van der Waals surface area contributed by atoms with Crippen molar-refractivity contribution in [2.45, 2.75) is 85.0 Å². The number of hydrogen-bond donors (Lipinski definition) is 1. The van der Waals surface area contributed by atoms with Crippen LogP contribution in [0.2, 0.25) is 0 Å². The smallest absolute Gasteiger partial charge is 0.00773 e. The Morgan fingerprint density at radius 3 is 1.35 bits per heavy atom. The van der Waals surface area contributed by atoms with Gasteiger partial charge in [0.15, 0.2) is 0 Å². The van der Waals surface area contributed by atoms with E-state index in [0.29, 0.717) is 5.41 Å². The molecule has 0 unspecified atom stereocenters. The monoisotopic (exact) mass is 355 g/mol. The molecule has 0 radical (unpaired) electrons. The summed E-state index contributed by atoms with van der Waals surface area (Å²) < 4.78 is 0. The summed E-state index contributed by atoms with van der Waals surface area (Å²) in [7, 11) is 0. The normalized spacial score (nSPS) is 11.3. The molecule has 2 N–H and O–H groups in total. The Morgan fingerprint density at radius 2 is 1.00 bits per heavy atom. The van der Waals surface area contributed by atoms with Gasteiger partial charge >= 0.3 is 0 Å². The van der Waals surface area contributed by atoms with Crippen LogP contribution in [0.5, 0.6) is 0 Å². The van der Waals surface area contributed by atoms with Gasteiger partial charge in [0, 0.05) is 0 Å². The number of nitrogens with two attached hydrogens (primary N) is 1. The molecule has 0 fully saturated rings. The lowest BCUT2D eigenvalue weighted by Crippen LogP contribution is -2.03. The first-order valence-electron chi connectivity index (χ1n) is 7.26. The zero-order chi connectivity index (χ0) is 12.3. The molecule has 0 aliphatic heterocycles. The van der Waals surface area contributed by atoms with Crippen LogP contribution in [0.15, 0.2) is 0 Å². The van der Waals surface area contributed by atoms with Gasteiger partial charge in [-0.15, -0.1) is 24.0 Å². The Labute approximate surface area is 126 Å². The lowest BCUT2D eigenvalue weighted by molar-refractivity contribution is 0.356. The van der Waals surface area contributed by atoms with Gasteiger partial charge in [0.05, 0.1) is 0 Å². The van der Waals surface area contributed by atoms with Crippen molar-refractivity contribution in [1.29, 1.82) is 0 Å². The summed E-state index contributed by atoms with van der Waals surface area (Å²) in [5.41, 5.74) is 5.99. The van der Waals surface area contributed by atoms with E-state index < -0.39 is 0 Å². The van der Waals surface area contributed by atoms with Crippen molar-refractivity contribution in [3.05, 3.63) is 0 Å². The van der Waals surface area contributed by atoms with Crippen molar-refractivity contribution in [1.82, 2.24) is 0 Å². The fraction of sp³-hybridized carbons (Fsp3) is 1.00. The highest BCUT2D eigenvalue weighted by molar-refractivity contribution is 14.0. The van der Waals surface area contributed by atoms with E-state index in [1.54, 1.807) is 0 Å². The average Bonchev–Trinajstić information content (AvgIpc) is 2.19. The average molecular weight is 355 g/mol. The minimum absolute atomic E-state index is 0. The Bertz CT molecular complexity index is 140. The molecule has 0 aliphatic carbocycles. The third-order valence-corrected chi connectivity index (χ3v) is 3.13. The van der Waals surface area contributed by atoms with Crippen LogP contribution >= 0.6 is 24.0 Å². The van der Waals surface area contributed by atoms with Crippen molar-refractivity contribution in [3.63, 3.8) is 0 Å². The molecule has 0 aromatic heterocycles. The topological polar surface area (TPSA) is 26.0 Å². The van der Waals surface area contributed by atoms with E-state index >= 15 is 0 Å². The van der Waals surface area contributed by atoms with E-state index in [2.05, 4.69) is 20.8 Å². The zero-order valence-corrected chi connectivity index (χ0v) is 14.6. The van der Waals surface area contributed by atoms with E-state index in [0.717, 1.165) is 6.54 Å². The fourth-order valence-corrected chi connectivity index (χ4v) is 2.04. The first kappa shape index (κ1) is 20.0. The molecule has 2 heteroatoms. The summed E-state index contributed by atoms with van der Waals surface area (Å²) in [6.07, 6.45) is 13.9. The second-order valence-corrected chi connectivity index (χ2v) is 6.28. The molecule has 0 bridgehead atoms. The summed E-state index contributed by atoms with van der Waals surface area (Å²) in [6, 6.07) is 0. The van der Waals surface area contributed by atoms with Gasteiger partial charge in [0.25, 0.3) is 0 Å². The van der Waals surface area contributed by atoms with Gasteiger partial charge in [-0.1, -0.05) is 72.1 Å². The Morgan fingerprint density at radius 1 is 0.647 bits per heavy atom. The lowest BCUT2D eigenvalue weighted by Gasteiger charge is -2.17. The third kappa shape index (κ3) is 19.2. The van der Waals surface area contributed by atoms with Crippen LogP contribution in [0.25, 0.3) is 0 Å². The van der Waals surface area contributed by atoms with Crippen LogP contribution in [0, 0.1) is 5.41 Å². The molecular formula is C15H34IN. The Balaban J connectivity index is 0. The van der Waals surface area contributed by atoms with Gasteiger partial charge in [-0.25, -0.2) is 0 Å². The summed E-state index contributed by atoms with van der Waals surface area (Å²) in [6.45, 7) is 7.88. The van der Waals surface area contributed by atoms with Gasteiger partial charge in [-0.05, 0) is 24.8 Å². The lowest BCUT2D eigenvalue weighted by atomic mass is 9.89. The van der Waals surface area contributed by atoms with Crippen LogP contribution in [0.4, 0.5) is 0 Å². The van der Waals surface area contributed by atoms with E-state index in [9.17, 15) is 0 Å². The first-order chi connectivity index (χ1) is 7.56. The maximum atomic E-state index is 5.46. The SMILES string of the molecule is CC(C)(C)CCCCCCCCCCCN.I. The predicted octanol–water partition coefficient (Wildman–Crippen LogP) is 5.51. The molecule has 0 heterocycles. The second kappa shape index (κ2) is 13.1. The molecule has 17 heavy (non-hydrogen) atoms. The molecule has 0 atom stereocenters. The van der Waals surface area contributed by atoms with Crippen LogP contribution in [-0.2, 0) is 0 Å². The molecule has 0 amide bonds. The molecule has 0 aromatic carbocycles. The summed E-state index contributed by atoms with van der Waals surface area (Å²) in [5.74, 6) is 0. The van der Waals surface area contributed by atoms with Crippen LogP contribution in [0.1, 0.15) is 85.0 Å². The Kier molecular flexibility index (Phi) is 15.5. The van der Waals surface area contributed by atoms with Crippen molar-refractivity contribution >= 4 is 24.0 Å². The number of hydrogen-bond acceptors (Lipinski definition) is 1. The van der Waals surface area contributed by atoms with Gasteiger partial charge in [-0.3, -0.25) is 0 Å². The Hall–Kier alpha value is 0.690. The van der Waals surface area contributed by atoms with E-state index in [-0.39, 0.29) is 24.0 Å². The maximum absolute atomic E-state index is 5.46. The number of rotatable bonds is 10. The molecule has 106 valence electrons. The van der Waals surface area contributed by atoms with Crippen molar-refractivity contribution in [2.75, 3.05) is 6.54 Å². The van der Waals surface area contributed by atoms with Gasteiger partial charge in [-0.2, -0.15) is 0 Å². The van der Waals surface area contributed by atoms with E-state index in [4.69, 9.17) is 5.73 Å². The van der Waals surface area contributed by atoms with Crippen molar-refractivity contribution in [3.8, 4) is 0 Å². The van der Waals surface area contributed by atoms with Gasteiger partial charge in [0.1, 0.15) is 0 Å². The molecule has 0 aliphatic rings. The quantitative estimate of drug-likeness (QED) is 0.406. The van der Waals surface area contributed by atoms with Crippen molar-refractivity contribution in [2.24, 2.45) is 11.1 Å². The summed E-state index contributed by atoms with van der Waals surface area (Å²) in [4.78, 5) is 0. The minimum Gasteiger partial charge on any atom is -0.330 e. The van der Waals surface area contributed by atoms with Crippen LogP contribution in [-0.4, -0.2) is 6.54 Å². The van der Waals surface area contributed by atoms with E-state index in [1.165, 1.54) is 64.2 Å². The second-order valence-electron chi connectivity index (χ2n) is 6.28. The zero-order valence-electron chi connectivity index (χ0n) is 12.3. The molecular weight excluding hydrogens is 321 g/mol. The highest BCUT2D eigenvalue weighted by Crippen LogP contribution is 2.22.